The highest BCUT2D eigenvalue weighted by molar-refractivity contribution is 8.01. The molecule has 1 aliphatic rings. The molecule has 1 unspecified atom stereocenters. The van der Waals surface area contributed by atoms with Gasteiger partial charge in [0.05, 0.1) is 5.25 Å². The number of anilines is 1. The summed E-state index contributed by atoms with van der Waals surface area (Å²) in [4.78, 5) is 13.8. The quantitative estimate of drug-likeness (QED) is 0.673. The van der Waals surface area contributed by atoms with Gasteiger partial charge in [-0.1, -0.05) is 54.3 Å². The summed E-state index contributed by atoms with van der Waals surface area (Å²) in [6.07, 6.45) is 0.778. The number of hydrogen-bond donors (Lipinski definition) is 1. The van der Waals surface area contributed by atoms with Crippen LogP contribution in [0.4, 0.5) is 5.69 Å². The molecule has 0 aliphatic carbocycles. The molecule has 0 radical (unpaired) electrons. The molecular formula is C23H17NOS. The lowest BCUT2D eigenvalue weighted by atomic mass is 10.1. The van der Waals surface area contributed by atoms with E-state index in [1.165, 1.54) is 10.5 Å². The third-order valence-electron chi connectivity index (χ3n) is 4.19. The molecule has 0 fully saturated rings. The van der Waals surface area contributed by atoms with Crippen LogP contribution in [0.5, 0.6) is 0 Å². The third kappa shape index (κ3) is 3.82. The number of benzene rings is 3. The Bertz CT molecular complexity index is 976. The van der Waals surface area contributed by atoms with Crippen molar-refractivity contribution in [2.45, 2.75) is 16.6 Å². The maximum Gasteiger partial charge on any atom is 0.238 e. The van der Waals surface area contributed by atoms with Gasteiger partial charge in [0.15, 0.2) is 0 Å². The summed E-state index contributed by atoms with van der Waals surface area (Å²) >= 11 is 1.64. The number of rotatable bonds is 2. The summed E-state index contributed by atoms with van der Waals surface area (Å²) in [6, 6.07) is 25.8. The Morgan fingerprint density at radius 2 is 1.62 bits per heavy atom. The fraction of sp³-hybridized carbons (Fsp3) is 0.0870. The van der Waals surface area contributed by atoms with E-state index in [4.69, 9.17) is 0 Å². The number of carbonyl (C=O) groups excluding carboxylic acids is 1. The SMILES string of the molecule is O=C(Nc1cccc(C#Cc2ccccc2)c1)C1Cc2ccccc2S1. The lowest BCUT2D eigenvalue weighted by molar-refractivity contribution is -0.115. The van der Waals surface area contributed by atoms with Gasteiger partial charge in [-0.2, -0.15) is 0 Å². The zero-order valence-corrected chi connectivity index (χ0v) is 14.9. The van der Waals surface area contributed by atoms with Gasteiger partial charge < -0.3 is 5.32 Å². The molecule has 3 heteroatoms. The van der Waals surface area contributed by atoms with Gasteiger partial charge in [0.2, 0.25) is 5.91 Å². The molecule has 1 atom stereocenters. The normalized spacial score (nSPS) is 14.8. The maximum absolute atomic E-state index is 12.6. The monoisotopic (exact) mass is 355 g/mol. The van der Waals surface area contributed by atoms with Crippen LogP contribution < -0.4 is 5.32 Å². The molecule has 1 aliphatic heterocycles. The molecule has 0 saturated heterocycles. The van der Waals surface area contributed by atoms with E-state index in [9.17, 15) is 4.79 Å². The minimum Gasteiger partial charge on any atom is -0.325 e. The molecule has 0 spiro atoms. The Kier molecular flexibility index (Phi) is 4.77. The smallest absolute Gasteiger partial charge is 0.238 e. The van der Waals surface area contributed by atoms with Crippen molar-refractivity contribution in [1.82, 2.24) is 0 Å². The van der Waals surface area contributed by atoms with E-state index >= 15 is 0 Å². The standard InChI is InChI=1S/C23H17NOS/c25-23(22-16-19-10-4-5-12-21(19)26-22)24-20-11-6-9-18(15-20)14-13-17-7-2-1-3-8-17/h1-12,15,22H,16H2,(H,24,25). The lowest BCUT2D eigenvalue weighted by Crippen LogP contribution is -2.24. The second-order valence-electron chi connectivity index (χ2n) is 6.10. The van der Waals surface area contributed by atoms with Crippen molar-refractivity contribution >= 4 is 23.4 Å². The summed E-state index contributed by atoms with van der Waals surface area (Å²) in [5.74, 6) is 6.33. The predicted octanol–water partition coefficient (Wildman–Crippen LogP) is 4.74. The Morgan fingerprint density at radius 3 is 2.46 bits per heavy atom. The lowest BCUT2D eigenvalue weighted by Gasteiger charge is -2.10. The third-order valence-corrected chi connectivity index (χ3v) is 5.51. The Labute approximate surface area is 157 Å². The number of thioether (sulfide) groups is 1. The summed E-state index contributed by atoms with van der Waals surface area (Å²) in [7, 11) is 0. The minimum atomic E-state index is -0.0774. The van der Waals surface area contributed by atoms with E-state index < -0.39 is 0 Å². The first-order valence-electron chi connectivity index (χ1n) is 8.50. The van der Waals surface area contributed by atoms with Crippen LogP contribution in [0.25, 0.3) is 0 Å². The van der Waals surface area contributed by atoms with E-state index in [1.807, 2.05) is 66.7 Å². The fourth-order valence-corrected chi connectivity index (χ4v) is 4.09. The molecule has 4 rings (SSSR count). The van der Waals surface area contributed by atoms with Crippen molar-refractivity contribution in [3.63, 3.8) is 0 Å². The van der Waals surface area contributed by atoms with Crippen LogP contribution in [0, 0.1) is 11.8 Å². The van der Waals surface area contributed by atoms with Crippen molar-refractivity contribution in [1.29, 1.82) is 0 Å². The van der Waals surface area contributed by atoms with E-state index in [1.54, 1.807) is 11.8 Å². The highest BCUT2D eigenvalue weighted by atomic mass is 32.2. The van der Waals surface area contributed by atoms with Crippen molar-refractivity contribution in [3.8, 4) is 11.8 Å². The van der Waals surface area contributed by atoms with Crippen LogP contribution in [-0.4, -0.2) is 11.2 Å². The van der Waals surface area contributed by atoms with Crippen molar-refractivity contribution in [2.24, 2.45) is 0 Å². The van der Waals surface area contributed by atoms with E-state index in [0.29, 0.717) is 0 Å². The van der Waals surface area contributed by atoms with Gasteiger partial charge in [0.25, 0.3) is 0 Å². The van der Waals surface area contributed by atoms with Crippen LogP contribution in [0.15, 0.2) is 83.8 Å². The first kappa shape index (κ1) is 16.5. The van der Waals surface area contributed by atoms with Crippen LogP contribution in [0.2, 0.25) is 0 Å². The second-order valence-corrected chi connectivity index (χ2v) is 7.35. The van der Waals surface area contributed by atoms with E-state index in [2.05, 4.69) is 29.3 Å². The molecule has 0 saturated carbocycles. The van der Waals surface area contributed by atoms with Crippen LogP contribution in [0.1, 0.15) is 16.7 Å². The number of amides is 1. The van der Waals surface area contributed by atoms with Gasteiger partial charge in [-0.25, -0.2) is 0 Å². The number of carbonyl (C=O) groups is 1. The highest BCUT2D eigenvalue weighted by Gasteiger charge is 2.27. The highest BCUT2D eigenvalue weighted by Crippen LogP contribution is 2.37. The average molecular weight is 355 g/mol. The molecule has 126 valence electrons. The first-order valence-corrected chi connectivity index (χ1v) is 9.38. The zero-order valence-electron chi connectivity index (χ0n) is 14.1. The van der Waals surface area contributed by atoms with Gasteiger partial charge in [0, 0.05) is 21.7 Å². The predicted molar refractivity (Wildman–Crippen MR) is 107 cm³/mol. The summed E-state index contributed by atoms with van der Waals surface area (Å²) < 4.78 is 0. The zero-order chi connectivity index (χ0) is 17.8. The molecule has 1 amide bonds. The molecule has 0 aromatic heterocycles. The van der Waals surface area contributed by atoms with Gasteiger partial charge in [-0.3, -0.25) is 4.79 Å². The Hall–Kier alpha value is -2.96. The Morgan fingerprint density at radius 1 is 0.885 bits per heavy atom. The summed E-state index contributed by atoms with van der Waals surface area (Å²) in [5.41, 5.74) is 3.89. The Balaban J connectivity index is 1.45. The van der Waals surface area contributed by atoms with Crippen LogP contribution in [-0.2, 0) is 11.2 Å². The van der Waals surface area contributed by atoms with Crippen molar-refractivity contribution in [2.75, 3.05) is 5.32 Å². The summed E-state index contributed by atoms with van der Waals surface area (Å²) in [5, 5.41) is 2.95. The topological polar surface area (TPSA) is 29.1 Å². The molecule has 3 aromatic carbocycles. The van der Waals surface area contributed by atoms with Gasteiger partial charge in [0.1, 0.15) is 0 Å². The van der Waals surface area contributed by atoms with Crippen LogP contribution in [0.3, 0.4) is 0 Å². The average Bonchev–Trinajstić information content (AvgIpc) is 3.12. The largest absolute Gasteiger partial charge is 0.325 e. The molecule has 0 bridgehead atoms. The number of hydrogen-bond acceptors (Lipinski definition) is 2. The van der Waals surface area contributed by atoms with Gasteiger partial charge >= 0.3 is 0 Å². The molecular weight excluding hydrogens is 338 g/mol. The second kappa shape index (κ2) is 7.51. The van der Waals surface area contributed by atoms with Crippen molar-refractivity contribution < 1.29 is 4.79 Å². The maximum atomic E-state index is 12.6. The molecule has 3 aromatic rings. The van der Waals surface area contributed by atoms with Gasteiger partial charge in [-0.15, -0.1) is 11.8 Å². The van der Waals surface area contributed by atoms with E-state index in [-0.39, 0.29) is 11.2 Å². The number of fused-ring (bicyclic) bond motifs is 1. The fourth-order valence-electron chi connectivity index (χ4n) is 2.89. The van der Waals surface area contributed by atoms with Gasteiger partial charge in [-0.05, 0) is 48.4 Å². The van der Waals surface area contributed by atoms with Crippen LogP contribution >= 0.6 is 11.8 Å². The molecule has 2 nitrogen and oxygen atoms in total. The summed E-state index contributed by atoms with van der Waals surface area (Å²) in [6.45, 7) is 0. The molecule has 1 heterocycles. The van der Waals surface area contributed by atoms with Crippen molar-refractivity contribution in [3.05, 3.63) is 95.6 Å². The number of nitrogens with one attached hydrogen (secondary N) is 1. The first-order chi connectivity index (χ1) is 12.8. The molecule has 1 N–H and O–H groups in total. The van der Waals surface area contributed by atoms with E-state index in [0.717, 1.165) is 23.2 Å². The molecule has 26 heavy (non-hydrogen) atoms. The minimum absolute atomic E-state index is 0.0411.